The highest BCUT2D eigenvalue weighted by molar-refractivity contribution is 6.30. The molecule has 1 aromatic carbocycles. The molecule has 7 heteroatoms. The Morgan fingerprint density at radius 2 is 2.07 bits per heavy atom. The van der Waals surface area contributed by atoms with E-state index in [1.807, 2.05) is 30.9 Å². The van der Waals surface area contributed by atoms with E-state index in [2.05, 4.69) is 10.2 Å². The SMILES string of the molecule is Cc1n[nH]c(C)c1CC(=O)N1C[C@H]2C[C@@H](Oc3cccc(Cl)c3)[C@H](O)C[C@H]2C1. The monoisotopic (exact) mass is 403 g/mol. The molecule has 1 amide bonds. The van der Waals surface area contributed by atoms with Crippen molar-refractivity contribution >= 4 is 17.5 Å². The summed E-state index contributed by atoms with van der Waals surface area (Å²) in [6, 6.07) is 7.25. The molecule has 0 radical (unpaired) electrons. The fraction of sp³-hybridized carbons (Fsp3) is 0.524. The maximum Gasteiger partial charge on any atom is 0.227 e. The molecular formula is C21H26ClN3O3. The van der Waals surface area contributed by atoms with Crippen LogP contribution in [0.3, 0.4) is 0 Å². The summed E-state index contributed by atoms with van der Waals surface area (Å²) >= 11 is 6.03. The van der Waals surface area contributed by atoms with Crippen LogP contribution in [0.25, 0.3) is 0 Å². The Morgan fingerprint density at radius 1 is 1.32 bits per heavy atom. The number of ether oxygens (including phenoxy) is 1. The number of hydrogen-bond acceptors (Lipinski definition) is 4. The van der Waals surface area contributed by atoms with Gasteiger partial charge in [0.2, 0.25) is 5.91 Å². The zero-order valence-electron chi connectivity index (χ0n) is 16.2. The van der Waals surface area contributed by atoms with Crippen molar-refractivity contribution in [1.82, 2.24) is 15.1 Å². The molecule has 4 atom stereocenters. The van der Waals surface area contributed by atoms with Gasteiger partial charge < -0.3 is 14.7 Å². The molecule has 0 bridgehead atoms. The average molecular weight is 404 g/mol. The second kappa shape index (κ2) is 7.76. The number of aliphatic hydroxyl groups is 1. The lowest BCUT2D eigenvalue weighted by molar-refractivity contribution is -0.129. The van der Waals surface area contributed by atoms with Crippen LogP contribution in [0, 0.1) is 25.7 Å². The molecule has 6 nitrogen and oxygen atoms in total. The zero-order chi connectivity index (χ0) is 19.8. The third-order valence-electron chi connectivity index (χ3n) is 6.13. The van der Waals surface area contributed by atoms with Crippen LogP contribution in [0.2, 0.25) is 5.02 Å². The predicted octanol–water partition coefficient (Wildman–Crippen LogP) is 2.90. The molecule has 0 spiro atoms. The third-order valence-corrected chi connectivity index (χ3v) is 6.36. The Bertz CT molecular complexity index is 849. The van der Waals surface area contributed by atoms with Crippen molar-refractivity contribution in [1.29, 1.82) is 0 Å². The van der Waals surface area contributed by atoms with Crippen LogP contribution < -0.4 is 4.74 Å². The normalized spacial score (nSPS) is 26.9. The van der Waals surface area contributed by atoms with Crippen LogP contribution in [0.4, 0.5) is 0 Å². The number of aromatic nitrogens is 2. The van der Waals surface area contributed by atoms with Crippen molar-refractivity contribution < 1.29 is 14.6 Å². The number of H-pyrrole nitrogens is 1. The zero-order valence-corrected chi connectivity index (χ0v) is 16.9. The number of likely N-dealkylation sites (tertiary alicyclic amines) is 1. The Kier molecular flexibility index (Phi) is 5.34. The first kappa shape index (κ1) is 19.3. The van der Waals surface area contributed by atoms with E-state index < -0.39 is 6.10 Å². The number of benzene rings is 1. The lowest BCUT2D eigenvalue weighted by atomic mass is 9.78. The Hall–Kier alpha value is -2.05. The van der Waals surface area contributed by atoms with E-state index >= 15 is 0 Å². The standard InChI is InChI=1S/C21H26ClN3O3/c1-12-18(13(2)24-23-12)9-21(27)25-10-14-6-19(26)20(7-15(14)11-25)28-17-5-3-4-16(22)8-17/h3-5,8,14-15,19-20,26H,6-7,9-11H2,1-2H3,(H,23,24)/t14-,15+,19+,20+/m0/s1. The van der Waals surface area contributed by atoms with Gasteiger partial charge in [0.25, 0.3) is 0 Å². The number of aryl methyl sites for hydroxylation is 2. The van der Waals surface area contributed by atoms with E-state index in [0.29, 0.717) is 42.0 Å². The minimum Gasteiger partial charge on any atom is -0.488 e. The van der Waals surface area contributed by atoms with Gasteiger partial charge in [-0.3, -0.25) is 9.89 Å². The lowest BCUT2D eigenvalue weighted by Gasteiger charge is -2.35. The number of halogens is 1. The summed E-state index contributed by atoms with van der Waals surface area (Å²) in [4.78, 5) is 14.8. The van der Waals surface area contributed by atoms with Gasteiger partial charge in [-0.1, -0.05) is 17.7 Å². The number of fused-ring (bicyclic) bond motifs is 1. The van der Waals surface area contributed by atoms with Crippen molar-refractivity contribution in [3.8, 4) is 5.75 Å². The van der Waals surface area contributed by atoms with Gasteiger partial charge in [-0.2, -0.15) is 5.10 Å². The van der Waals surface area contributed by atoms with Crippen LogP contribution in [0.1, 0.15) is 29.8 Å². The number of nitrogens with one attached hydrogen (secondary N) is 1. The first-order valence-corrected chi connectivity index (χ1v) is 10.2. The molecule has 2 aromatic rings. The molecule has 2 aliphatic rings. The van der Waals surface area contributed by atoms with Crippen molar-refractivity contribution in [2.75, 3.05) is 13.1 Å². The largest absolute Gasteiger partial charge is 0.488 e. The average Bonchev–Trinajstić information content (AvgIpc) is 3.20. The summed E-state index contributed by atoms with van der Waals surface area (Å²) in [7, 11) is 0. The summed E-state index contributed by atoms with van der Waals surface area (Å²) in [6.45, 7) is 5.30. The first-order valence-electron chi connectivity index (χ1n) is 9.79. The van der Waals surface area contributed by atoms with Crippen molar-refractivity contribution in [2.24, 2.45) is 11.8 Å². The third kappa shape index (κ3) is 3.89. The number of hydrogen-bond donors (Lipinski definition) is 2. The molecule has 4 rings (SSSR count). The van der Waals surface area contributed by atoms with Crippen LogP contribution in [0.15, 0.2) is 24.3 Å². The van der Waals surface area contributed by atoms with Gasteiger partial charge in [0.1, 0.15) is 11.9 Å². The van der Waals surface area contributed by atoms with Crippen LogP contribution in [-0.2, 0) is 11.2 Å². The minimum atomic E-state index is -0.534. The van der Waals surface area contributed by atoms with Crippen LogP contribution in [0.5, 0.6) is 5.75 Å². The van der Waals surface area contributed by atoms with E-state index in [-0.39, 0.29) is 12.0 Å². The topological polar surface area (TPSA) is 78.5 Å². The van der Waals surface area contributed by atoms with E-state index in [1.54, 1.807) is 12.1 Å². The maximum atomic E-state index is 12.8. The lowest BCUT2D eigenvalue weighted by Crippen LogP contribution is -2.42. The summed E-state index contributed by atoms with van der Waals surface area (Å²) in [5, 5.41) is 18.3. The molecule has 1 aliphatic heterocycles. The first-order chi connectivity index (χ1) is 13.4. The Morgan fingerprint density at radius 3 is 2.75 bits per heavy atom. The fourth-order valence-corrected chi connectivity index (χ4v) is 4.71. The number of rotatable bonds is 4. The summed E-state index contributed by atoms with van der Waals surface area (Å²) in [6.07, 6.45) is 0.968. The van der Waals surface area contributed by atoms with E-state index in [4.69, 9.17) is 16.3 Å². The van der Waals surface area contributed by atoms with Gasteiger partial charge in [0.15, 0.2) is 0 Å². The van der Waals surface area contributed by atoms with Gasteiger partial charge in [0.05, 0.1) is 18.2 Å². The minimum absolute atomic E-state index is 0.129. The van der Waals surface area contributed by atoms with Gasteiger partial charge in [-0.05, 0) is 56.7 Å². The Balaban J connectivity index is 1.39. The highest BCUT2D eigenvalue weighted by Crippen LogP contribution is 2.38. The second-order valence-corrected chi connectivity index (χ2v) is 8.50. The number of carbonyl (C=O) groups excluding carboxylic acids is 1. The smallest absolute Gasteiger partial charge is 0.227 e. The molecule has 1 saturated carbocycles. The number of nitrogens with zero attached hydrogens (tertiary/aromatic N) is 2. The van der Waals surface area contributed by atoms with Gasteiger partial charge in [-0.25, -0.2) is 0 Å². The predicted molar refractivity (Wildman–Crippen MR) is 106 cm³/mol. The van der Waals surface area contributed by atoms with Gasteiger partial charge in [-0.15, -0.1) is 0 Å². The van der Waals surface area contributed by atoms with Gasteiger partial charge in [0, 0.05) is 29.4 Å². The highest BCUT2D eigenvalue weighted by Gasteiger charge is 2.43. The molecule has 1 aliphatic carbocycles. The van der Waals surface area contributed by atoms with E-state index in [1.165, 1.54) is 0 Å². The highest BCUT2D eigenvalue weighted by atomic mass is 35.5. The molecule has 2 fully saturated rings. The van der Waals surface area contributed by atoms with E-state index in [0.717, 1.165) is 29.9 Å². The molecule has 1 aromatic heterocycles. The van der Waals surface area contributed by atoms with Crippen molar-refractivity contribution in [2.45, 2.75) is 45.3 Å². The molecule has 28 heavy (non-hydrogen) atoms. The summed E-state index contributed by atoms with van der Waals surface area (Å²) < 4.78 is 6.02. The second-order valence-electron chi connectivity index (χ2n) is 8.06. The van der Waals surface area contributed by atoms with E-state index in [9.17, 15) is 9.90 Å². The molecule has 150 valence electrons. The molecule has 1 saturated heterocycles. The quantitative estimate of drug-likeness (QED) is 0.822. The maximum absolute atomic E-state index is 12.8. The molecule has 2 heterocycles. The van der Waals surface area contributed by atoms with Crippen molar-refractivity contribution in [3.63, 3.8) is 0 Å². The summed E-state index contributed by atoms with van der Waals surface area (Å²) in [5.74, 6) is 1.48. The van der Waals surface area contributed by atoms with Crippen LogP contribution >= 0.6 is 11.6 Å². The number of amides is 1. The number of aromatic amines is 1. The van der Waals surface area contributed by atoms with Gasteiger partial charge >= 0.3 is 0 Å². The number of carbonyl (C=O) groups is 1. The molecule has 0 unspecified atom stereocenters. The number of aliphatic hydroxyl groups excluding tert-OH is 1. The van der Waals surface area contributed by atoms with Crippen molar-refractivity contribution in [3.05, 3.63) is 46.2 Å². The fourth-order valence-electron chi connectivity index (χ4n) is 4.53. The molecular weight excluding hydrogens is 378 g/mol. The molecule has 2 N–H and O–H groups in total. The summed E-state index contributed by atoms with van der Waals surface area (Å²) in [5.41, 5.74) is 2.82. The van der Waals surface area contributed by atoms with Crippen LogP contribution in [-0.4, -0.2) is 51.4 Å². The Labute approximate surface area is 169 Å².